The standard InChI is InChI=1S/C20H25N3O5S2/c1-12-17(23-19(21-12)29-18(22-23)20(2,3)24)13-5-6-15(27-4)16(11-13)30(25,26)14-7-9-28-10-8-14/h5-6,11,14,24H,7-10H2,1-4H3. The maximum atomic E-state index is 13.4. The van der Waals surface area contributed by atoms with Gasteiger partial charge in [-0.05, 0) is 51.8 Å². The van der Waals surface area contributed by atoms with Gasteiger partial charge in [0.05, 0.1) is 23.7 Å². The van der Waals surface area contributed by atoms with Crippen LogP contribution in [0.5, 0.6) is 5.75 Å². The van der Waals surface area contributed by atoms with E-state index in [1.54, 1.807) is 36.6 Å². The molecular weight excluding hydrogens is 426 g/mol. The molecule has 1 N–H and O–H groups in total. The average molecular weight is 452 g/mol. The molecule has 1 aromatic carbocycles. The van der Waals surface area contributed by atoms with Crippen molar-refractivity contribution in [1.29, 1.82) is 0 Å². The Kier molecular flexibility index (Phi) is 5.38. The first-order valence-corrected chi connectivity index (χ1v) is 12.1. The van der Waals surface area contributed by atoms with Gasteiger partial charge in [0.15, 0.2) is 9.84 Å². The molecule has 0 aliphatic carbocycles. The second kappa shape index (κ2) is 7.60. The van der Waals surface area contributed by atoms with Gasteiger partial charge in [0.1, 0.15) is 21.3 Å². The number of aryl methyl sites for hydroxylation is 1. The molecule has 4 rings (SSSR count). The van der Waals surface area contributed by atoms with Crippen molar-refractivity contribution in [1.82, 2.24) is 14.6 Å². The van der Waals surface area contributed by atoms with E-state index in [9.17, 15) is 13.5 Å². The van der Waals surface area contributed by atoms with Gasteiger partial charge in [-0.2, -0.15) is 5.10 Å². The summed E-state index contributed by atoms with van der Waals surface area (Å²) >= 11 is 1.31. The largest absolute Gasteiger partial charge is 0.495 e. The fraction of sp³-hybridized carbons (Fsp3) is 0.500. The van der Waals surface area contributed by atoms with Crippen molar-refractivity contribution < 1.29 is 23.0 Å². The van der Waals surface area contributed by atoms with Gasteiger partial charge in [0.25, 0.3) is 0 Å². The molecule has 0 unspecified atom stereocenters. The van der Waals surface area contributed by atoms with E-state index in [2.05, 4.69) is 10.1 Å². The number of hydrogen-bond donors (Lipinski definition) is 1. The summed E-state index contributed by atoms with van der Waals surface area (Å²) < 4.78 is 39.1. The molecule has 0 spiro atoms. The lowest BCUT2D eigenvalue weighted by atomic mass is 10.1. The van der Waals surface area contributed by atoms with Crippen molar-refractivity contribution >= 4 is 26.1 Å². The molecule has 162 valence electrons. The van der Waals surface area contributed by atoms with Crippen LogP contribution in [0.1, 0.15) is 37.4 Å². The highest BCUT2D eigenvalue weighted by molar-refractivity contribution is 7.92. The van der Waals surface area contributed by atoms with Crippen LogP contribution in [0.25, 0.3) is 16.2 Å². The Balaban J connectivity index is 1.86. The summed E-state index contributed by atoms with van der Waals surface area (Å²) in [5, 5.41) is 14.9. The Morgan fingerprint density at radius 3 is 2.63 bits per heavy atom. The number of benzene rings is 1. The Labute approximate surface area is 179 Å². The zero-order valence-electron chi connectivity index (χ0n) is 17.4. The van der Waals surface area contributed by atoms with Crippen molar-refractivity contribution in [3.8, 4) is 17.0 Å². The van der Waals surface area contributed by atoms with Crippen LogP contribution in [-0.2, 0) is 20.2 Å². The number of aromatic nitrogens is 3. The molecule has 3 aromatic rings. The second-order valence-electron chi connectivity index (χ2n) is 7.93. The molecule has 2 aromatic heterocycles. The van der Waals surface area contributed by atoms with E-state index in [0.717, 1.165) is 5.69 Å². The van der Waals surface area contributed by atoms with Crippen LogP contribution >= 0.6 is 11.3 Å². The predicted molar refractivity (Wildman–Crippen MR) is 114 cm³/mol. The molecule has 0 bridgehead atoms. The lowest BCUT2D eigenvalue weighted by Gasteiger charge is -2.23. The van der Waals surface area contributed by atoms with E-state index in [-0.39, 0.29) is 4.90 Å². The zero-order valence-corrected chi connectivity index (χ0v) is 19.0. The van der Waals surface area contributed by atoms with Gasteiger partial charge in [-0.15, -0.1) is 0 Å². The van der Waals surface area contributed by atoms with Crippen LogP contribution in [0, 0.1) is 6.92 Å². The normalized spacial score (nSPS) is 16.3. The first-order valence-electron chi connectivity index (χ1n) is 9.72. The van der Waals surface area contributed by atoms with Crippen LogP contribution in [0.2, 0.25) is 0 Å². The third kappa shape index (κ3) is 3.62. The fourth-order valence-electron chi connectivity index (χ4n) is 3.64. The molecular formula is C20H25N3O5S2. The van der Waals surface area contributed by atoms with Crippen molar-refractivity contribution in [3.05, 3.63) is 28.9 Å². The summed E-state index contributed by atoms with van der Waals surface area (Å²) in [4.78, 5) is 5.37. The van der Waals surface area contributed by atoms with Gasteiger partial charge < -0.3 is 14.6 Å². The van der Waals surface area contributed by atoms with E-state index in [1.807, 2.05) is 6.92 Å². The molecule has 8 nitrogen and oxygen atoms in total. The molecule has 1 aliphatic rings. The van der Waals surface area contributed by atoms with Crippen LogP contribution in [0.4, 0.5) is 0 Å². The smallest absolute Gasteiger partial charge is 0.213 e. The number of sulfone groups is 1. The molecule has 0 atom stereocenters. The van der Waals surface area contributed by atoms with Crippen molar-refractivity contribution in [3.63, 3.8) is 0 Å². The monoisotopic (exact) mass is 451 g/mol. The molecule has 3 heterocycles. The minimum atomic E-state index is -3.59. The van der Waals surface area contributed by atoms with Crippen molar-refractivity contribution in [2.45, 2.75) is 49.4 Å². The fourth-order valence-corrected chi connectivity index (χ4v) is 6.48. The summed E-state index contributed by atoms with van der Waals surface area (Å²) in [6.45, 7) is 6.07. The summed E-state index contributed by atoms with van der Waals surface area (Å²) in [5.74, 6) is 0.319. The van der Waals surface area contributed by atoms with Gasteiger partial charge >= 0.3 is 0 Å². The highest BCUT2D eigenvalue weighted by Crippen LogP contribution is 2.36. The van der Waals surface area contributed by atoms with Gasteiger partial charge in [-0.25, -0.2) is 17.9 Å². The SMILES string of the molecule is COc1ccc(-c2c(C)nc3sc(C(C)(C)O)nn23)cc1S(=O)(=O)C1CCOCC1. The molecule has 0 saturated carbocycles. The Hall–Kier alpha value is -2.01. The predicted octanol–water partition coefficient (Wildman–Crippen LogP) is 2.95. The number of imidazole rings is 1. The van der Waals surface area contributed by atoms with E-state index in [1.165, 1.54) is 18.4 Å². The molecule has 10 heteroatoms. The number of hydrogen-bond acceptors (Lipinski definition) is 8. The Morgan fingerprint density at radius 1 is 1.30 bits per heavy atom. The van der Waals surface area contributed by atoms with E-state index in [0.29, 0.717) is 53.0 Å². The average Bonchev–Trinajstić information content (AvgIpc) is 3.25. The quantitative estimate of drug-likeness (QED) is 0.636. The summed E-state index contributed by atoms with van der Waals surface area (Å²) in [6.07, 6.45) is 0.930. The van der Waals surface area contributed by atoms with Gasteiger partial charge in [-0.3, -0.25) is 0 Å². The number of nitrogens with zero attached hydrogens (tertiary/aromatic N) is 3. The molecule has 0 radical (unpaired) electrons. The van der Waals surface area contributed by atoms with Crippen LogP contribution in [0.3, 0.4) is 0 Å². The minimum Gasteiger partial charge on any atom is -0.495 e. The molecule has 1 fully saturated rings. The lowest BCUT2D eigenvalue weighted by Crippen LogP contribution is -2.29. The zero-order chi connectivity index (χ0) is 21.7. The number of rotatable bonds is 5. The highest BCUT2D eigenvalue weighted by Gasteiger charge is 2.33. The summed E-state index contributed by atoms with van der Waals surface area (Å²) in [7, 11) is -2.13. The van der Waals surface area contributed by atoms with E-state index < -0.39 is 20.7 Å². The Bertz CT molecular complexity index is 1190. The van der Waals surface area contributed by atoms with Crippen LogP contribution in [-0.4, -0.2) is 53.7 Å². The summed E-state index contributed by atoms with van der Waals surface area (Å²) in [5.41, 5.74) is 1.02. The van der Waals surface area contributed by atoms with E-state index >= 15 is 0 Å². The maximum absolute atomic E-state index is 13.4. The molecule has 30 heavy (non-hydrogen) atoms. The molecule has 1 saturated heterocycles. The first kappa shape index (κ1) is 21.2. The summed E-state index contributed by atoms with van der Waals surface area (Å²) in [6, 6.07) is 5.12. The first-order chi connectivity index (χ1) is 14.1. The van der Waals surface area contributed by atoms with Crippen molar-refractivity contribution in [2.75, 3.05) is 20.3 Å². The van der Waals surface area contributed by atoms with Gasteiger partial charge in [-0.1, -0.05) is 11.3 Å². The number of ether oxygens (including phenoxy) is 2. The second-order valence-corrected chi connectivity index (χ2v) is 11.1. The Morgan fingerprint density at radius 2 is 2.00 bits per heavy atom. The highest BCUT2D eigenvalue weighted by atomic mass is 32.2. The maximum Gasteiger partial charge on any atom is 0.213 e. The van der Waals surface area contributed by atoms with Crippen LogP contribution in [0.15, 0.2) is 23.1 Å². The third-order valence-corrected chi connectivity index (χ3v) is 8.75. The van der Waals surface area contributed by atoms with E-state index in [4.69, 9.17) is 9.47 Å². The minimum absolute atomic E-state index is 0.168. The van der Waals surface area contributed by atoms with Gasteiger partial charge in [0.2, 0.25) is 4.96 Å². The number of fused-ring (bicyclic) bond motifs is 1. The van der Waals surface area contributed by atoms with Gasteiger partial charge in [0, 0.05) is 18.8 Å². The van der Waals surface area contributed by atoms with Crippen LogP contribution < -0.4 is 4.74 Å². The third-order valence-electron chi connectivity index (χ3n) is 5.25. The van der Waals surface area contributed by atoms with Crippen molar-refractivity contribution in [2.24, 2.45) is 0 Å². The number of methoxy groups -OCH3 is 1. The molecule has 1 aliphatic heterocycles. The lowest BCUT2D eigenvalue weighted by molar-refractivity contribution is 0.0773. The number of aliphatic hydroxyl groups is 1. The molecule has 0 amide bonds. The topological polar surface area (TPSA) is 103 Å².